The summed E-state index contributed by atoms with van der Waals surface area (Å²) in [7, 11) is 0. The van der Waals surface area contributed by atoms with Crippen LogP contribution in [0.3, 0.4) is 0 Å². The van der Waals surface area contributed by atoms with Crippen LogP contribution < -0.4 is 0 Å². The number of aliphatic carboxylic acids is 1. The van der Waals surface area contributed by atoms with E-state index in [2.05, 4.69) is 19.0 Å². The third-order valence-corrected chi connectivity index (χ3v) is 4.15. The molecular formula is C11H16N2O4S. The van der Waals surface area contributed by atoms with Gasteiger partial charge in [0, 0.05) is 30.0 Å². The Balaban J connectivity index is 1.95. The molecule has 0 aromatic heterocycles. The molecular weight excluding hydrogens is 256 g/mol. The quantitative estimate of drug-likeness (QED) is 0.795. The lowest BCUT2D eigenvalue weighted by Gasteiger charge is -2.35. The highest BCUT2D eigenvalue weighted by Crippen LogP contribution is 2.26. The second-order valence-electron chi connectivity index (χ2n) is 4.64. The third kappa shape index (κ3) is 2.77. The molecule has 1 N–H and O–H groups in total. The maximum Gasteiger partial charge on any atom is 0.353 e. The summed E-state index contributed by atoms with van der Waals surface area (Å²) in [4.78, 5) is 29.6. The standard InChI is InChI=1S/C11H16N2O4S/c1-6-4-13(5-7(2)18-6)10(14)9-3-8(11(15)16)12-17-9/h6-7,9H,3-5H2,1-2H3,(H,15,16). The Morgan fingerprint density at radius 2 is 2.00 bits per heavy atom. The van der Waals surface area contributed by atoms with Crippen molar-refractivity contribution in [2.75, 3.05) is 13.1 Å². The Kier molecular flexibility index (Phi) is 3.79. The Morgan fingerprint density at radius 1 is 1.39 bits per heavy atom. The van der Waals surface area contributed by atoms with E-state index in [1.165, 1.54) is 0 Å². The van der Waals surface area contributed by atoms with E-state index >= 15 is 0 Å². The second kappa shape index (κ2) is 5.17. The fraction of sp³-hybridized carbons (Fsp3) is 0.727. The van der Waals surface area contributed by atoms with Crippen molar-refractivity contribution in [1.82, 2.24) is 4.90 Å². The lowest BCUT2D eigenvalue weighted by atomic mass is 10.1. The summed E-state index contributed by atoms with van der Waals surface area (Å²) < 4.78 is 0. The molecule has 1 saturated heterocycles. The molecule has 0 radical (unpaired) electrons. The molecule has 18 heavy (non-hydrogen) atoms. The van der Waals surface area contributed by atoms with Crippen molar-refractivity contribution in [3.05, 3.63) is 0 Å². The Labute approximate surface area is 109 Å². The molecule has 1 amide bonds. The Bertz CT molecular complexity index is 389. The van der Waals surface area contributed by atoms with Crippen LogP contribution in [-0.2, 0) is 14.4 Å². The summed E-state index contributed by atoms with van der Waals surface area (Å²) in [5.41, 5.74) is -0.0826. The van der Waals surface area contributed by atoms with Gasteiger partial charge in [-0.05, 0) is 0 Å². The first kappa shape index (κ1) is 13.2. The maximum atomic E-state index is 12.2. The van der Waals surface area contributed by atoms with Gasteiger partial charge in [0.1, 0.15) is 0 Å². The molecule has 3 unspecified atom stereocenters. The first-order chi connectivity index (χ1) is 8.47. The van der Waals surface area contributed by atoms with Crippen LogP contribution >= 0.6 is 11.8 Å². The van der Waals surface area contributed by atoms with Crippen LogP contribution in [0, 0.1) is 0 Å². The van der Waals surface area contributed by atoms with E-state index in [-0.39, 0.29) is 18.0 Å². The molecule has 2 rings (SSSR count). The first-order valence-corrected chi connectivity index (χ1v) is 6.82. The predicted molar refractivity (Wildman–Crippen MR) is 67.7 cm³/mol. The van der Waals surface area contributed by atoms with E-state index in [0.717, 1.165) is 0 Å². The lowest BCUT2D eigenvalue weighted by molar-refractivity contribution is -0.142. The maximum absolute atomic E-state index is 12.2. The van der Waals surface area contributed by atoms with E-state index in [9.17, 15) is 9.59 Å². The normalized spacial score (nSPS) is 31.8. The van der Waals surface area contributed by atoms with Crippen molar-refractivity contribution in [3.8, 4) is 0 Å². The number of hydrogen-bond donors (Lipinski definition) is 1. The number of nitrogens with zero attached hydrogens (tertiary/aromatic N) is 2. The minimum Gasteiger partial charge on any atom is -0.477 e. The SMILES string of the molecule is CC1CN(C(=O)C2CC(C(=O)O)=NO2)CC(C)S1. The highest BCUT2D eigenvalue weighted by atomic mass is 32.2. The van der Waals surface area contributed by atoms with Crippen molar-refractivity contribution >= 4 is 29.4 Å². The number of thioether (sulfide) groups is 1. The average molecular weight is 272 g/mol. The Hall–Kier alpha value is -1.24. The lowest BCUT2D eigenvalue weighted by Crippen LogP contribution is -2.48. The molecule has 2 aliphatic rings. The molecule has 0 aromatic rings. The number of amides is 1. The number of carbonyl (C=O) groups excluding carboxylic acids is 1. The van der Waals surface area contributed by atoms with Gasteiger partial charge in [0.25, 0.3) is 5.91 Å². The summed E-state index contributed by atoms with van der Waals surface area (Å²) >= 11 is 1.85. The molecule has 2 heterocycles. The summed E-state index contributed by atoms with van der Waals surface area (Å²) in [6.07, 6.45) is -0.709. The van der Waals surface area contributed by atoms with Gasteiger partial charge in [-0.3, -0.25) is 4.79 Å². The topological polar surface area (TPSA) is 79.2 Å². The van der Waals surface area contributed by atoms with Crippen LogP contribution in [0.1, 0.15) is 20.3 Å². The summed E-state index contributed by atoms with van der Waals surface area (Å²) in [6, 6.07) is 0. The monoisotopic (exact) mass is 272 g/mol. The molecule has 2 aliphatic heterocycles. The third-order valence-electron chi connectivity index (χ3n) is 2.92. The van der Waals surface area contributed by atoms with Gasteiger partial charge in [0.15, 0.2) is 5.71 Å². The van der Waals surface area contributed by atoms with Gasteiger partial charge in [-0.15, -0.1) is 0 Å². The number of rotatable bonds is 2. The van der Waals surface area contributed by atoms with Crippen LogP contribution in [0.15, 0.2) is 5.16 Å². The number of carbonyl (C=O) groups is 2. The van der Waals surface area contributed by atoms with Crippen molar-refractivity contribution in [3.63, 3.8) is 0 Å². The van der Waals surface area contributed by atoms with Crippen molar-refractivity contribution in [2.45, 2.75) is 36.9 Å². The van der Waals surface area contributed by atoms with Gasteiger partial charge >= 0.3 is 5.97 Å². The molecule has 0 spiro atoms. The summed E-state index contributed by atoms with van der Waals surface area (Å²) in [5.74, 6) is -1.28. The van der Waals surface area contributed by atoms with Crippen LogP contribution in [0.25, 0.3) is 0 Å². The van der Waals surface area contributed by atoms with Crippen molar-refractivity contribution < 1.29 is 19.5 Å². The van der Waals surface area contributed by atoms with Crippen molar-refractivity contribution in [1.29, 1.82) is 0 Å². The number of carboxylic acid groups (broad SMARTS) is 1. The number of oxime groups is 1. The number of hydrogen-bond acceptors (Lipinski definition) is 5. The molecule has 7 heteroatoms. The Morgan fingerprint density at radius 3 is 2.50 bits per heavy atom. The number of carboxylic acids is 1. The highest BCUT2D eigenvalue weighted by Gasteiger charge is 2.36. The molecule has 3 atom stereocenters. The largest absolute Gasteiger partial charge is 0.477 e. The average Bonchev–Trinajstić information content (AvgIpc) is 2.75. The van der Waals surface area contributed by atoms with Crippen LogP contribution in [0.5, 0.6) is 0 Å². The van der Waals surface area contributed by atoms with Gasteiger partial charge in [-0.25, -0.2) is 4.79 Å². The minimum absolute atomic E-state index is 0.0561. The van der Waals surface area contributed by atoms with E-state index in [0.29, 0.717) is 23.6 Å². The van der Waals surface area contributed by atoms with Gasteiger partial charge in [0.2, 0.25) is 6.10 Å². The summed E-state index contributed by atoms with van der Waals surface area (Å²) in [6.45, 7) is 5.51. The zero-order chi connectivity index (χ0) is 13.3. The van der Waals surface area contributed by atoms with Crippen LogP contribution in [-0.4, -0.2) is 57.3 Å². The van der Waals surface area contributed by atoms with E-state index in [1.54, 1.807) is 4.90 Å². The van der Waals surface area contributed by atoms with Crippen LogP contribution in [0.4, 0.5) is 0 Å². The highest BCUT2D eigenvalue weighted by molar-refractivity contribution is 8.00. The van der Waals surface area contributed by atoms with Crippen LogP contribution in [0.2, 0.25) is 0 Å². The first-order valence-electron chi connectivity index (χ1n) is 5.87. The zero-order valence-electron chi connectivity index (χ0n) is 10.3. The smallest absolute Gasteiger partial charge is 0.353 e. The fourth-order valence-electron chi connectivity index (χ4n) is 2.20. The molecule has 0 saturated carbocycles. The van der Waals surface area contributed by atoms with Crippen molar-refractivity contribution in [2.24, 2.45) is 5.16 Å². The van der Waals surface area contributed by atoms with Gasteiger partial charge < -0.3 is 14.8 Å². The molecule has 1 fully saturated rings. The molecule has 6 nitrogen and oxygen atoms in total. The molecule has 0 bridgehead atoms. The van der Waals surface area contributed by atoms with Gasteiger partial charge in [-0.2, -0.15) is 11.8 Å². The second-order valence-corrected chi connectivity index (χ2v) is 6.52. The molecule has 0 aromatic carbocycles. The molecule has 100 valence electrons. The fourth-order valence-corrected chi connectivity index (χ4v) is 3.52. The van der Waals surface area contributed by atoms with E-state index in [4.69, 9.17) is 9.94 Å². The van der Waals surface area contributed by atoms with Gasteiger partial charge in [0.05, 0.1) is 0 Å². The zero-order valence-corrected chi connectivity index (χ0v) is 11.1. The van der Waals surface area contributed by atoms with Gasteiger partial charge in [-0.1, -0.05) is 19.0 Å². The van der Waals surface area contributed by atoms with E-state index in [1.807, 2.05) is 11.8 Å². The predicted octanol–water partition coefficient (Wildman–Crippen LogP) is 0.568. The van der Waals surface area contributed by atoms with E-state index < -0.39 is 12.1 Å². The minimum atomic E-state index is -1.12. The summed E-state index contributed by atoms with van der Waals surface area (Å²) in [5, 5.41) is 13.0. The molecule has 0 aliphatic carbocycles.